The van der Waals surface area contributed by atoms with Crippen LogP contribution in [-0.4, -0.2) is 60.1 Å². The molecule has 5 nitrogen and oxygen atoms in total. The topological polar surface area (TPSA) is 65.1 Å². The highest BCUT2D eigenvalue weighted by Gasteiger charge is 2.21. The molecule has 0 radical (unpaired) electrons. The molecule has 1 aliphatic heterocycles. The minimum absolute atomic E-state index is 0.0405. The summed E-state index contributed by atoms with van der Waals surface area (Å²) in [5.74, 6) is 0.296. The van der Waals surface area contributed by atoms with Crippen LogP contribution in [0.2, 0.25) is 0 Å². The van der Waals surface area contributed by atoms with Gasteiger partial charge in [0.2, 0.25) is 0 Å². The van der Waals surface area contributed by atoms with Crippen molar-refractivity contribution in [3.05, 3.63) is 0 Å². The van der Waals surface area contributed by atoms with Gasteiger partial charge in [-0.25, -0.2) is 0 Å². The molecule has 13 heavy (non-hydrogen) atoms. The van der Waals surface area contributed by atoms with Gasteiger partial charge in [-0.15, -0.1) is 0 Å². The van der Waals surface area contributed by atoms with Gasteiger partial charge in [0.1, 0.15) is 0 Å². The molecule has 1 saturated heterocycles. The number of piperazine rings is 1. The first-order valence-electron chi connectivity index (χ1n) is 4.55. The Morgan fingerprint density at radius 1 is 1.38 bits per heavy atom. The van der Waals surface area contributed by atoms with Crippen LogP contribution in [0.3, 0.4) is 0 Å². The predicted octanol–water partition coefficient (Wildman–Crippen LogP) is -0.631. The van der Waals surface area contributed by atoms with Crippen LogP contribution in [0, 0.1) is 0 Å². The first-order valence-corrected chi connectivity index (χ1v) is 4.55. The van der Waals surface area contributed by atoms with E-state index in [1.807, 2.05) is 6.92 Å². The number of hydrogen-bond acceptors (Lipinski definition) is 4. The number of rotatable bonds is 2. The van der Waals surface area contributed by atoms with Crippen LogP contribution in [0.4, 0.5) is 0 Å². The van der Waals surface area contributed by atoms with E-state index in [9.17, 15) is 0 Å². The fourth-order valence-electron chi connectivity index (χ4n) is 1.48. The highest BCUT2D eigenvalue weighted by molar-refractivity contribution is 5.84. The quantitative estimate of drug-likeness (QED) is 0.261. The van der Waals surface area contributed by atoms with Crippen molar-refractivity contribution in [2.45, 2.75) is 13.0 Å². The molecule has 0 aromatic rings. The second-order valence-electron chi connectivity index (χ2n) is 3.54. The van der Waals surface area contributed by atoms with E-state index < -0.39 is 0 Å². The van der Waals surface area contributed by atoms with Gasteiger partial charge in [0.15, 0.2) is 5.84 Å². The summed E-state index contributed by atoms with van der Waals surface area (Å²) in [6, 6.07) is 0.0405. The van der Waals surface area contributed by atoms with Crippen molar-refractivity contribution < 1.29 is 5.21 Å². The minimum atomic E-state index is 0.0405. The average molecular weight is 186 g/mol. The van der Waals surface area contributed by atoms with E-state index in [1.165, 1.54) is 0 Å². The van der Waals surface area contributed by atoms with Crippen molar-refractivity contribution in [1.29, 1.82) is 0 Å². The summed E-state index contributed by atoms with van der Waals surface area (Å²) >= 11 is 0. The molecule has 0 spiro atoms. The Kier molecular flexibility index (Phi) is 3.50. The monoisotopic (exact) mass is 186 g/mol. The van der Waals surface area contributed by atoms with Gasteiger partial charge in [0.05, 0.1) is 6.04 Å². The number of nitrogens with zero attached hydrogens (tertiary/aromatic N) is 3. The summed E-state index contributed by atoms with van der Waals surface area (Å²) in [6.07, 6.45) is 0. The van der Waals surface area contributed by atoms with Crippen LogP contribution in [0.15, 0.2) is 5.16 Å². The number of likely N-dealkylation sites (N-methyl/N-ethyl adjacent to an activating group) is 1. The Balaban J connectivity index is 2.44. The van der Waals surface area contributed by atoms with Gasteiger partial charge < -0.3 is 15.8 Å². The van der Waals surface area contributed by atoms with Gasteiger partial charge in [-0.1, -0.05) is 5.16 Å². The van der Waals surface area contributed by atoms with E-state index in [4.69, 9.17) is 10.9 Å². The highest BCUT2D eigenvalue weighted by atomic mass is 16.4. The molecule has 1 fully saturated rings. The lowest BCUT2D eigenvalue weighted by molar-refractivity contribution is 0.140. The lowest BCUT2D eigenvalue weighted by Crippen LogP contribution is -2.52. The first-order chi connectivity index (χ1) is 6.15. The van der Waals surface area contributed by atoms with Crippen molar-refractivity contribution in [2.24, 2.45) is 10.9 Å². The zero-order valence-corrected chi connectivity index (χ0v) is 8.27. The van der Waals surface area contributed by atoms with Gasteiger partial charge >= 0.3 is 0 Å². The molecule has 0 amide bonds. The second kappa shape index (κ2) is 4.43. The summed E-state index contributed by atoms with van der Waals surface area (Å²) in [5.41, 5.74) is 5.53. The maximum atomic E-state index is 8.51. The smallest absolute Gasteiger partial charge is 0.156 e. The van der Waals surface area contributed by atoms with E-state index in [2.05, 4.69) is 22.0 Å². The van der Waals surface area contributed by atoms with Gasteiger partial charge in [0, 0.05) is 26.2 Å². The lowest BCUT2D eigenvalue weighted by atomic mass is 10.2. The number of oxime groups is 1. The van der Waals surface area contributed by atoms with Gasteiger partial charge in [-0.3, -0.25) is 4.90 Å². The first kappa shape index (κ1) is 10.3. The average Bonchev–Trinajstić information content (AvgIpc) is 2.17. The molecule has 1 rings (SSSR count). The van der Waals surface area contributed by atoms with Crippen LogP contribution < -0.4 is 5.73 Å². The largest absolute Gasteiger partial charge is 0.409 e. The predicted molar refractivity (Wildman–Crippen MR) is 51.9 cm³/mol. The molecule has 3 N–H and O–H groups in total. The van der Waals surface area contributed by atoms with Crippen LogP contribution in [-0.2, 0) is 0 Å². The molecule has 76 valence electrons. The van der Waals surface area contributed by atoms with Gasteiger partial charge in [-0.05, 0) is 14.0 Å². The van der Waals surface area contributed by atoms with Crippen LogP contribution in [0.5, 0.6) is 0 Å². The van der Waals surface area contributed by atoms with Crippen molar-refractivity contribution in [3.8, 4) is 0 Å². The SMILES string of the molecule is CC(C(N)=NO)N1CCN(C)CC1. The Morgan fingerprint density at radius 2 is 1.92 bits per heavy atom. The fraction of sp³-hybridized carbons (Fsp3) is 0.875. The summed E-state index contributed by atoms with van der Waals surface area (Å²) in [7, 11) is 2.10. The summed E-state index contributed by atoms with van der Waals surface area (Å²) in [5, 5.41) is 11.5. The van der Waals surface area contributed by atoms with E-state index in [0.717, 1.165) is 26.2 Å². The zero-order chi connectivity index (χ0) is 9.84. The van der Waals surface area contributed by atoms with Crippen molar-refractivity contribution in [2.75, 3.05) is 33.2 Å². The van der Waals surface area contributed by atoms with Crippen molar-refractivity contribution in [1.82, 2.24) is 9.80 Å². The number of amidine groups is 1. The molecule has 1 atom stereocenters. The maximum Gasteiger partial charge on any atom is 0.156 e. The van der Waals surface area contributed by atoms with Gasteiger partial charge in [0.25, 0.3) is 0 Å². The molecule has 0 aromatic carbocycles. The molecule has 0 aliphatic carbocycles. The molecule has 1 aliphatic rings. The highest BCUT2D eigenvalue weighted by Crippen LogP contribution is 2.04. The third-order valence-electron chi connectivity index (χ3n) is 2.63. The third kappa shape index (κ3) is 2.57. The summed E-state index contributed by atoms with van der Waals surface area (Å²) < 4.78 is 0. The number of nitrogens with two attached hydrogens (primary N) is 1. The third-order valence-corrected chi connectivity index (χ3v) is 2.63. The molecular formula is C8H18N4O. The van der Waals surface area contributed by atoms with Crippen molar-refractivity contribution in [3.63, 3.8) is 0 Å². The normalized spacial score (nSPS) is 24.6. The van der Waals surface area contributed by atoms with Crippen LogP contribution >= 0.6 is 0 Å². The van der Waals surface area contributed by atoms with E-state index >= 15 is 0 Å². The Bertz CT molecular complexity index is 187. The Labute approximate surface area is 78.8 Å². The fourth-order valence-corrected chi connectivity index (χ4v) is 1.48. The Hall–Kier alpha value is -0.810. The maximum absolute atomic E-state index is 8.51. The molecule has 1 unspecified atom stereocenters. The standard InChI is InChI=1S/C8H18N4O/c1-7(8(9)10-13)12-5-3-11(2)4-6-12/h7,13H,3-6H2,1-2H3,(H2,9,10). The summed E-state index contributed by atoms with van der Waals surface area (Å²) in [6.45, 7) is 6.01. The molecular weight excluding hydrogens is 168 g/mol. The number of hydrogen-bond donors (Lipinski definition) is 2. The van der Waals surface area contributed by atoms with E-state index in [0.29, 0.717) is 5.84 Å². The minimum Gasteiger partial charge on any atom is -0.409 e. The van der Waals surface area contributed by atoms with Crippen LogP contribution in [0.25, 0.3) is 0 Å². The van der Waals surface area contributed by atoms with E-state index in [1.54, 1.807) is 0 Å². The molecule has 5 heteroatoms. The molecule has 1 heterocycles. The summed E-state index contributed by atoms with van der Waals surface area (Å²) in [4.78, 5) is 4.49. The van der Waals surface area contributed by atoms with Crippen molar-refractivity contribution >= 4 is 5.84 Å². The Morgan fingerprint density at radius 3 is 2.38 bits per heavy atom. The second-order valence-corrected chi connectivity index (χ2v) is 3.54. The van der Waals surface area contributed by atoms with E-state index in [-0.39, 0.29) is 6.04 Å². The molecule has 0 aromatic heterocycles. The lowest BCUT2D eigenvalue weighted by Gasteiger charge is -2.35. The molecule has 0 bridgehead atoms. The molecule has 0 saturated carbocycles. The van der Waals surface area contributed by atoms with Crippen LogP contribution in [0.1, 0.15) is 6.92 Å². The van der Waals surface area contributed by atoms with Gasteiger partial charge in [-0.2, -0.15) is 0 Å². The zero-order valence-electron chi connectivity index (χ0n) is 8.27.